The summed E-state index contributed by atoms with van der Waals surface area (Å²) in [4.78, 5) is 5.75. The van der Waals surface area contributed by atoms with E-state index in [0.717, 1.165) is 27.7 Å². The van der Waals surface area contributed by atoms with Gasteiger partial charge in [-0.25, -0.2) is 4.98 Å². The van der Waals surface area contributed by atoms with Gasteiger partial charge < -0.3 is 4.42 Å². The fourth-order valence-electron chi connectivity index (χ4n) is 3.80. The first-order valence-corrected chi connectivity index (χ1v) is 11.8. The third-order valence-electron chi connectivity index (χ3n) is 5.49. The topological polar surface area (TPSA) is 111 Å². The van der Waals surface area contributed by atoms with E-state index < -0.39 is 10.1 Å². The second-order valence-electron chi connectivity index (χ2n) is 7.73. The lowest BCUT2D eigenvalue weighted by molar-refractivity contribution is 0.483. The van der Waals surface area contributed by atoms with Crippen molar-refractivity contribution in [2.75, 3.05) is 0 Å². The Morgan fingerprint density at radius 1 is 0.853 bits per heavy atom. The molecule has 166 valence electrons. The zero-order chi connectivity index (χ0) is 23.3. The highest BCUT2D eigenvalue weighted by atomic mass is 32.2. The van der Waals surface area contributed by atoms with E-state index in [1.807, 2.05) is 72.8 Å². The van der Waals surface area contributed by atoms with Crippen LogP contribution in [0, 0.1) is 0 Å². The van der Waals surface area contributed by atoms with Gasteiger partial charge in [0, 0.05) is 11.5 Å². The minimum atomic E-state index is -4.32. The van der Waals surface area contributed by atoms with Gasteiger partial charge in [-0.2, -0.15) is 13.2 Å². The SMILES string of the molecule is O=S(=O)(O)c1ccc2ccc3nn(-c4ccc(/C=C/c5nc6ccccc6o5)cc4)nc3c2c1. The summed E-state index contributed by atoms with van der Waals surface area (Å²) in [5, 5.41) is 10.5. The number of rotatable bonds is 4. The molecule has 0 aliphatic rings. The Kier molecular flexibility index (Phi) is 4.54. The van der Waals surface area contributed by atoms with Crippen LogP contribution in [-0.4, -0.2) is 32.9 Å². The van der Waals surface area contributed by atoms with Crippen molar-refractivity contribution in [3.05, 3.63) is 90.3 Å². The van der Waals surface area contributed by atoms with Crippen molar-refractivity contribution in [1.82, 2.24) is 20.0 Å². The molecular weight excluding hydrogens is 452 g/mol. The van der Waals surface area contributed by atoms with Crippen LogP contribution < -0.4 is 0 Å². The largest absolute Gasteiger partial charge is 0.437 e. The number of fused-ring (bicyclic) bond motifs is 4. The molecule has 6 rings (SSSR count). The van der Waals surface area contributed by atoms with Crippen molar-refractivity contribution in [3.8, 4) is 5.69 Å². The molecule has 6 aromatic rings. The van der Waals surface area contributed by atoms with Crippen molar-refractivity contribution < 1.29 is 17.4 Å². The lowest BCUT2D eigenvalue weighted by Gasteiger charge is -2.01. The van der Waals surface area contributed by atoms with Crippen LogP contribution in [0.2, 0.25) is 0 Å². The molecule has 0 unspecified atom stereocenters. The summed E-state index contributed by atoms with van der Waals surface area (Å²) in [6, 6.07) is 23.3. The summed E-state index contributed by atoms with van der Waals surface area (Å²) in [5.74, 6) is 0.529. The summed E-state index contributed by atoms with van der Waals surface area (Å²) in [5.41, 5.74) is 4.40. The normalized spacial score (nSPS) is 12.4. The molecule has 0 atom stereocenters. The number of benzene rings is 4. The smallest absolute Gasteiger partial charge is 0.294 e. The molecule has 0 radical (unpaired) electrons. The van der Waals surface area contributed by atoms with Crippen molar-refractivity contribution in [2.24, 2.45) is 0 Å². The van der Waals surface area contributed by atoms with Crippen LogP contribution in [-0.2, 0) is 10.1 Å². The van der Waals surface area contributed by atoms with Crippen molar-refractivity contribution >= 4 is 55.2 Å². The molecular formula is C25H16N4O4S. The first kappa shape index (κ1) is 20.3. The Morgan fingerprint density at radius 3 is 2.44 bits per heavy atom. The molecule has 0 saturated heterocycles. The third-order valence-corrected chi connectivity index (χ3v) is 6.34. The van der Waals surface area contributed by atoms with Gasteiger partial charge in [-0.05, 0) is 59.5 Å². The van der Waals surface area contributed by atoms with Gasteiger partial charge >= 0.3 is 0 Å². The van der Waals surface area contributed by atoms with Gasteiger partial charge in [-0.1, -0.05) is 36.4 Å². The molecule has 8 nitrogen and oxygen atoms in total. The molecule has 0 aliphatic heterocycles. The van der Waals surface area contributed by atoms with Crippen LogP contribution in [0.5, 0.6) is 0 Å². The van der Waals surface area contributed by atoms with Crippen molar-refractivity contribution in [2.45, 2.75) is 4.90 Å². The molecule has 2 heterocycles. The number of hydrogen-bond acceptors (Lipinski definition) is 6. The third kappa shape index (κ3) is 3.62. The van der Waals surface area contributed by atoms with Crippen LogP contribution >= 0.6 is 0 Å². The number of aromatic nitrogens is 4. The highest BCUT2D eigenvalue weighted by Crippen LogP contribution is 2.26. The van der Waals surface area contributed by atoms with Gasteiger partial charge in [0.15, 0.2) is 5.58 Å². The molecule has 34 heavy (non-hydrogen) atoms. The van der Waals surface area contributed by atoms with Gasteiger partial charge in [-0.3, -0.25) is 4.55 Å². The average molecular weight is 468 g/mol. The van der Waals surface area contributed by atoms with Gasteiger partial charge in [0.1, 0.15) is 16.6 Å². The molecule has 1 N–H and O–H groups in total. The summed E-state index contributed by atoms with van der Waals surface area (Å²) in [7, 11) is -4.32. The maximum Gasteiger partial charge on any atom is 0.294 e. The zero-order valence-electron chi connectivity index (χ0n) is 17.5. The summed E-state index contributed by atoms with van der Waals surface area (Å²) >= 11 is 0. The van der Waals surface area contributed by atoms with E-state index in [1.54, 1.807) is 6.07 Å². The monoisotopic (exact) mass is 468 g/mol. The Labute approximate surface area is 193 Å². The summed E-state index contributed by atoms with van der Waals surface area (Å²) in [6.45, 7) is 0. The van der Waals surface area contributed by atoms with Crippen LogP contribution in [0.4, 0.5) is 0 Å². The minimum Gasteiger partial charge on any atom is -0.437 e. The minimum absolute atomic E-state index is 0.183. The average Bonchev–Trinajstić information content (AvgIpc) is 3.46. The van der Waals surface area contributed by atoms with E-state index in [4.69, 9.17) is 4.42 Å². The van der Waals surface area contributed by atoms with E-state index in [9.17, 15) is 13.0 Å². The van der Waals surface area contributed by atoms with E-state index in [1.165, 1.54) is 16.9 Å². The second-order valence-corrected chi connectivity index (χ2v) is 9.15. The summed E-state index contributed by atoms with van der Waals surface area (Å²) in [6.07, 6.45) is 3.72. The molecule has 0 bridgehead atoms. The van der Waals surface area contributed by atoms with Crippen LogP contribution in [0.3, 0.4) is 0 Å². The second kappa shape index (κ2) is 7.62. The predicted molar refractivity (Wildman–Crippen MR) is 129 cm³/mol. The fourth-order valence-corrected chi connectivity index (χ4v) is 4.31. The predicted octanol–water partition coefficient (Wildman–Crippen LogP) is 5.13. The lowest BCUT2D eigenvalue weighted by atomic mass is 10.1. The van der Waals surface area contributed by atoms with Crippen molar-refractivity contribution in [3.63, 3.8) is 0 Å². The van der Waals surface area contributed by atoms with E-state index >= 15 is 0 Å². The molecule has 0 spiro atoms. The maximum absolute atomic E-state index is 11.6. The van der Waals surface area contributed by atoms with Crippen LogP contribution in [0.1, 0.15) is 11.5 Å². The molecule has 0 fully saturated rings. The van der Waals surface area contributed by atoms with Crippen molar-refractivity contribution in [1.29, 1.82) is 0 Å². The molecule has 0 saturated carbocycles. The maximum atomic E-state index is 11.6. The Hall–Kier alpha value is -4.34. The molecule has 9 heteroatoms. The molecule has 0 amide bonds. The first-order valence-electron chi connectivity index (χ1n) is 10.4. The summed E-state index contributed by atoms with van der Waals surface area (Å²) < 4.78 is 38.2. The molecule has 0 aliphatic carbocycles. The van der Waals surface area contributed by atoms with E-state index in [0.29, 0.717) is 22.3 Å². The Balaban J connectivity index is 1.32. The number of nitrogens with zero attached hydrogens (tertiary/aromatic N) is 4. The standard InChI is InChI=1S/C25H16N4O4S/c30-34(31,32)19-12-8-17-9-13-22-25(20(17)15-19)28-29(27-22)18-10-5-16(6-11-18)7-14-24-26-21-3-1-2-4-23(21)33-24/h1-15H,(H,30,31,32)/b14-7+. The first-order chi connectivity index (χ1) is 16.4. The highest BCUT2D eigenvalue weighted by Gasteiger charge is 2.14. The number of para-hydroxylation sites is 2. The van der Waals surface area contributed by atoms with Gasteiger partial charge in [0.05, 0.1) is 10.6 Å². The fraction of sp³-hybridized carbons (Fsp3) is 0. The van der Waals surface area contributed by atoms with E-state index in [2.05, 4.69) is 15.2 Å². The zero-order valence-corrected chi connectivity index (χ0v) is 18.3. The van der Waals surface area contributed by atoms with Crippen LogP contribution in [0.25, 0.3) is 50.7 Å². The van der Waals surface area contributed by atoms with Gasteiger partial charge in [-0.15, -0.1) is 10.2 Å². The lowest BCUT2D eigenvalue weighted by Crippen LogP contribution is -1.98. The number of hydrogen-bond donors (Lipinski definition) is 1. The van der Waals surface area contributed by atoms with Gasteiger partial charge in [0.2, 0.25) is 5.89 Å². The molecule has 4 aromatic carbocycles. The van der Waals surface area contributed by atoms with Crippen LogP contribution in [0.15, 0.2) is 88.2 Å². The van der Waals surface area contributed by atoms with Gasteiger partial charge in [0.25, 0.3) is 10.1 Å². The molecule has 2 aromatic heterocycles. The Morgan fingerprint density at radius 2 is 1.65 bits per heavy atom. The highest BCUT2D eigenvalue weighted by molar-refractivity contribution is 7.85. The quantitative estimate of drug-likeness (QED) is 0.357. The van der Waals surface area contributed by atoms with E-state index in [-0.39, 0.29) is 4.90 Å². The Bertz CT molecular complexity index is 1800. The number of oxazole rings is 1.